The van der Waals surface area contributed by atoms with Crippen LogP contribution in [0.1, 0.15) is 76.2 Å². The van der Waals surface area contributed by atoms with E-state index in [1.165, 1.54) is 63.5 Å². The van der Waals surface area contributed by atoms with Gasteiger partial charge in [0.05, 0.1) is 6.42 Å². The normalized spacial score (nSPS) is 17.7. The van der Waals surface area contributed by atoms with Crippen LogP contribution in [-0.4, -0.2) is 11.6 Å². The maximum absolute atomic E-state index is 12.0. The second kappa shape index (κ2) is 11.0. The van der Waals surface area contributed by atoms with E-state index in [9.17, 15) is 4.79 Å². The van der Waals surface area contributed by atoms with E-state index in [0.717, 1.165) is 18.4 Å². The number of rotatable bonds is 3. The van der Waals surface area contributed by atoms with E-state index in [-0.39, 0.29) is 5.91 Å². The second-order valence-electron chi connectivity index (χ2n) is 6.56. The Morgan fingerprint density at radius 2 is 1.35 bits per heavy atom. The number of carbonyl (C=O) groups is 1. The van der Waals surface area contributed by atoms with Crippen LogP contribution in [0.3, 0.4) is 0 Å². The zero-order chi connectivity index (χ0) is 16.2. The Kier molecular flexibility index (Phi) is 8.46. The lowest BCUT2D eigenvalue weighted by molar-refractivity contribution is -0.120. The fraction of sp³-hybridized carbons (Fsp3) is 0.600. The zero-order valence-electron chi connectivity index (χ0n) is 14.2. The first-order valence-corrected chi connectivity index (χ1v) is 9.23. The summed E-state index contributed by atoms with van der Waals surface area (Å²) in [4.78, 5) is 12.0. The van der Waals surface area contributed by atoms with E-state index in [4.69, 9.17) is 0 Å². The van der Waals surface area contributed by atoms with Crippen molar-refractivity contribution in [2.24, 2.45) is 5.10 Å². The highest BCUT2D eigenvalue weighted by molar-refractivity contribution is 5.86. The molecule has 0 atom stereocenters. The minimum atomic E-state index is -0.0187. The smallest absolute Gasteiger partial charge is 0.244 e. The molecule has 1 N–H and O–H groups in total. The lowest BCUT2D eigenvalue weighted by Gasteiger charge is -2.09. The van der Waals surface area contributed by atoms with Crippen LogP contribution in [0.5, 0.6) is 0 Å². The van der Waals surface area contributed by atoms with Crippen LogP contribution in [-0.2, 0) is 11.2 Å². The maximum Gasteiger partial charge on any atom is 0.244 e. The minimum absolute atomic E-state index is 0.0187. The van der Waals surface area contributed by atoms with Gasteiger partial charge in [0.1, 0.15) is 0 Å². The van der Waals surface area contributed by atoms with Crippen molar-refractivity contribution in [2.75, 3.05) is 0 Å². The van der Waals surface area contributed by atoms with Gasteiger partial charge in [-0.25, -0.2) is 5.43 Å². The molecule has 0 spiro atoms. The van der Waals surface area contributed by atoms with Crippen molar-refractivity contribution in [1.29, 1.82) is 0 Å². The molecule has 3 heteroatoms. The Bertz CT molecular complexity index is 468. The van der Waals surface area contributed by atoms with Crippen LogP contribution in [0.25, 0.3) is 0 Å². The van der Waals surface area contributed by atoms with Crippen molar-refractivity contribution in [2.45, 2.75) is 77.0 Å². The molecule has 126 valence electrons. The summed E-state index contributed by atoms with van der Waals surface area (Å²) in [6.07, 6.45) is 14.3. The molecule has 0 unspecified atom stereocenters. The van der Waals surface area contributed by atoms with Gasteiger partial charge in [0.2, 0.25) is 5.91 Å². The summed E-state index contributed by atoms with van der Waals surface area (Å²) in [5.74, 6) is -0.0187. The molecule has 23 heavy (non-hydrogen) atoms. The standard InChI is InChI=1S/C20H30N2O/c23-20(17-18-13-9-8-10-14-18)22-21-19-15-11-6-4-2-1-3-5-7-12-16-19/h8-10,13-14H,1-7,11-12,15-17H2,(H,22,23). The highest BCUT2D eigenvalue weighted by Gasteiger charge is 2.05. The van der Waals surface area contributed by atoms with E-state index in [1.807, 2.05) is 30.3 Å². The van der Waals surface area contributed by atoms with Gasteiger partial charge in [0.15, 0.2) is 0 Å². The molecule has 0 saturated heterocycles. The molecule has 1 amide bonds. The molecule has 0 aromatic heterocycles. The molecule has 1 fully saturated rings. The number of nitrogens with zero attached hydrogens (tertiary/aromatic N) is 1. The Morgan fingerprint density at radius 1 is 0.826 bits per heavy atom. The third-order valence-electron chi connectivity index (χ3n) is 4.48. The number of hydrogen-bond acceptors (Lipinski definition) is 2. The van der Waals surface area contributed by atoms with Gasteiger partial charge in [-0.05, 0) is 31.2 Å². The lowest BCUT2D eigenvalue weighted by Crippen LogP contribution is -2.21. The fourth-order valence-corrected chi connectivity index (χ4v) is 3.09. The average molecular weight is 314 g/mol. The Balaban J connectivity index is 1.80. The molecule has 2 rings (SSSR count). The molecule has 1 aliphatic rings. The summed E-state index contributed by atoms with van der Waals surface area (Å²) in [5.41, 5.74) is 4.97. The number of carbonyl (C=O) groups excluding carboxylic acids is 1. The first-order chi connectivity index (χ1) is 11.3. The maximum atomic E-state index is 12.0. The Hall–Kier alpha value is -1.64. The molecule has 0 heterocycles. The van der Waals surface area contributed by atoms with Crippen molar-refractivity contribution >= 4 is 11.6 Å². The van der Waals surface area contributed by atoms with Crippen LogP contribution in [0.15, 0.2) is 35.4 Å². The van der Waals surface area contributed by atoms with Crippen molar-refractivity contribution in [3.8, 4) is 0 Å². The van der Waals surface area contributed by atoms with Gasteiger partial charge in [-0.1, -0.05) is 75.3 Å². The van der Waals surface area contributed by atoms with Gasteiger partial charge in [0, 0.05) is 5.71 Å². The molecule has 1 aromatic rings. The second-order valence-corrected chi connectivity index (χ2v) is 6.56. The minimum Gasteiger partial charge on any atom is -0.273 e. The number of benzene rings is 1. The van der Waals surface area contributed by atoms with Crippen LogP contribution >= 0.6 is 0 Å². The molecule has 3 nitrogen and oxygen atoms in total. The van der Waals surface area contributed by atoms with Gasteiger partial charge >= 0.3 is 0 Å². The lowest BCUT2D eigenvalue weighted by atomic mass is 10.00. The largest absolute Gasteiger partial charge is 0.273 e. The molecular weight excluding hydrogens is 284 g/mol. The molecule has 0 radical (unpaired) electrons. The van der Waals surface area contributed by atoms with E-state index in [2.05, 4.69) is 10.5 Å². The highest BCUT2D eigenvalue weighted by Crippen LogP contribution is 2.15. The Labute approximate surface area is 140 Å². The molecule has 0 bridgehead atoms. The summed E-state index contributed by atoms with van der Waals surface area (Å²) in [6, 6.07) is 9.83. The third kappa shape index (κ3) is 7.96. The van der Waals surface area contributed by atoms with Crippen molar-refractivity contribution in [3.63, 3.8) is 0 Å². The topological polar surface area (TPSA) is 41.5 Å². The molecule has 1 aliphatic carbocycles. The van der Waals surface area contributed by atoms with Gasteiger partial charge < -0.3 is 0 Å². The first-order valence-electron chi connectivity index (χ1n) is 9.23. The van der Waals surface area contributed by atoms with E-state index < -0.39 is 0 Å². The number of nitrogens with one attached hydrogen (secondary N) is 1. The quantitative estimate of drug-likeness (QED) is 0.783. The first kappa shape index (κ1) is 17.7. The SMILES string of the molecule is O=C(Cc1ccccc1)NN=C1CCCCCCCCCCC1. The predicted molar refractivity (Wildman–Crippen MR) is 96.5 cm³/mol. The molecule has 0 aliphatic heterocycles. The molecule has 1 aromatic carbocycles. The summed E-state index contributed by atoms with van der Waals surface area (Å²) < 4.78 is 0. The van der Waals surface area contributed by atoms with Crippen LogP contribution in [0.2, 0.25) is 0 Å². The summed E-state index contributed by atoms with van der Waals surface area (Å²) in [6.45, 7) is 0. The number of amides is 1. The van der Waals surface area contributed by atoms with E-state index in [1.54, 1.807) is 0 Å². The van der Waals surface area contributed by atoms with Crippen molar-refractivity contribution < 1.29 is 4.79 Å². The molecular formula is C20H30N2O. The summed E-state index contributed by atoms with van der Waals surface area (Å²) in [7, 11) is 0. The summed E-state index contributed by atoms with van der Waals surface area (Å²) >= 11 is 0. The monoisotopic (exact) mass is 314 g/mol. The van der Waals surface area contributed by atoms with Gasteiger partial charge in [0.25, 0.3) is 0 Å². The van der Waals surface area contributed by atoms with Gasteiger partial charge in [-0.2, -0.15) is 5.10 Å². The van der Waals surface area contributed by atoms with Crippen LogP contribution in [0, 0.1) is 0 Å². The van der Waals surface area contributed by atoms with Crippen LogP contribution < -0.4 is 5.43 Å². The Morgan fingerprint density at radius 3 is 1.91 bits per heavy atom. The number of hydrazone groups is 1. The highest BCUT2D eigenvalue weighted by atomic mass is 16.2. The third-order valence-corrected chi connectivity index (χ3v) is 4.48. The van der Waals surface area contributed by atoms with Gasteiger partial charge in [-0.3, -0.25) is 4.79 Å². The molecule has 1 saturated carbocycles. The van der Waals surface area contributed by atoms with Crippen molar-refractivity contribution in [3.05, 3.63) is 35.9 Å². The van der Waals surface area contributed by atoms with Gasteiger partial charge in [-0.15, -0.1) is 0 Å². The average Bonchev–Trinajstić information content (AvgIpc) is 2.55. The van der Waals surface area contributed by atoms with E-state index >= 15 is 0 Å². The summed E-state index contributed by atoms with van der Waals surface area (Å²) in [5, 5.41) is 4.42. The van der Waals surface area contributed by atoms with E-state index in [0.29, 0.717) is 6.42 Å². The van der Waals surface area contributed by atoms with Crippen LogP contribution in [0.4, 0.5) is 0 Å². The predicted octanol–water partition coefficient (Wildman–Crippen LogP) is 5.01. The fourth-order valence-electron chi connectivity index (χ4n) is 3.09. The zero-order valence-corrected chi connectivity index (χ0v) is 14.2. The van der Waals surface area contributed by atoms with Crippen molar-refractivity contribution in [1.82, 2.24) is 5.43 Å². The number of hydrogen-bond donors (Lipinski definition) is 1.